The number of para-hydroxylation sites is 1. The predicted octanol–water partition coefficient (Wildman–Crippen LogP) is 3.83. The molecule has 1 N–H and O–H groups in total. The van der Waals surface area contributed by atoms with E-state index < -0.39 is 18.0 Å². The van der Waals surface area contributed by atoms with Crippen molar-refractivity contribution in [2.75, 3.05) is 11.1 Å². The zero-order chi connectivity index (χ0) is 19.2. The molecule has 3 aromatic rings. The lowest BCUT2D eigenvalue weighted by Gasteiger charge is -2.13. The van der Waals surface area contributed by atoms with E-state index >= 15 is 0 Å². The summed E-state index contributed by atoms with van der Waals surface area (Å²) in [5.41, 5.74) is 1.93. The van der Waals surface area contributed by atoms with Gasteiger partial charge in [0.1, 0.15) is 0 Å². The van der Waals surface area contributed by atoms with E-state index in [1.165, 1.54) is 30.0 Å². The maximum atomic E-state index is 12.1. The van der Waals surface area contributed by atoms with Gasteiger partial charge < -0.3 is 10.1 Å². The van der Waals surface area contributed by atoms with Crippen molar-refractivity contribution in [1.82, 2.24) is 4.98 Å². The lowest BCUT2D eigenvalue weighted by Crippen LogP contribution is -2.30. The molecule has 2 aromatic carbocycles. The number of nitriles is 1. The van der Waals surface area contributed by atoms with Crippen LogP contribution < -0.4 is 5.32 Å². The number of carbonyl (C=O) groups excluding carboxylic acids is 2. The maximum absolute atomic E-state index is 12.1. The molecule has 136 valence electrons. The number of rotatable bonds is 6. The third-order valence-corrected chi connectivity index (χ3v) is 5.70. The highest BCUT2D eigenvalue weighted by atomic mass is 32.2. The number of benzene rings is 2. The average molecular weight is 397 g/mol. The molecule has 27 heavy (non-hydrogen) atoms. The molecule has 0 bridgehead atoms. The molecule has 0 unspecified atom stereocenters. The zero-order valence-corrected chi connectivity index (χ0v) is 16.0. The Balaban J connectivity index is 1.48. The first-order valence-corrected chi connectivity index (χ1v) is 9.84. The second-order valence-electron chi connectivity index (χ2n) is 5.55. The van der Waals surface area contributed by atoms with Crippen LogP contribution in [-0.2, 0) is 14.3 Å². The summed E-state index contributed by atoms with van der Waals surface area (Å²) in [6.45, 7) is 1.51. The number of fused-ring (bicyclic) bond motifs is 1. The van der Waals surface area contributed by atoms with E-state index in [0.717, 1.165) is 14.6 Å². The summed E-state index contributed by atoms with van der Waals surface area (Å²) in [4.78, 5) is 28.6. The lowest BCUT2D eigenvalue weighted by molar-refractivity contribution is -0.150. The van der Waals surface area contributed by atoms with Crippen molar-refractivity contribution < 1.29 is 14.3 Å². The smallest absolute Gasteiger partial charge is 0.317 e. The minimum absolute atomic E-state index is 0.0777. The van der Waals surface area contributed by atoms with Crippen molar-refractivity contribution in [3.05, 3.63) is 54.1 Å². The van der Waals surface area contributed by atoms with Crippen molar-refractivity contribution in [2.24, 2.45) is 0 Å². The van der Waals surface area contributed by atoms with Crippen LogP contribution in [0.15, 0.2) is 52.9 Å². The number of nitrogens with zero attached hydrogens (tertiary/aromatic N) is 2. The summed E-state index contributed by atoms with van der Waals surface area (Å²) >= 11 is 2.80. The SMILES string of the molecule is C[C@@H](OC(=O)CSc1nc2ccccc2s1)C(=O)Nc1ccc(C#N)cc1. The number of carbonyl (C=O) groups is 2. The Morgan fingerprint density at radius 1 is 1.26 bits per heavy atom. The molecule has 1 atom stereocenters. The van der Waals surface area contributed by atoms with E-state index in [4.69, 9.17) is 10.00 Å². The van der Waals surface area contributed by atoms with E-state index in [1.807, 2.05) is 30.3 Å². The van der Waals surface area contributed by atoms with Gasteiger partial charge in [0, 0.05) is 5.69 Å². The Morgan fingerprint density at radius 3 is 2.70 bits per heavy atom. The quantitative estimate of drug-likeness (QED) is 0.502. The summed E-state index contributed by atoms with van der Waals surface area (Å²) in [7, 11) is 0. The van der Waals surface area contributed by atoms with Crippen LogP contribution in [-0.4, -0.2) is 28.7 Å². The van der Waals surface area contributed by atoms with E-state index in [9.17, 15) is 9.59 Å². The first-order chi connectivity index (χ1) is 13.0. The third kappa shape index (κ3) is 5.06. The number of aromatic nitrogens is 1. The summed E-state index contributed by atoms with van der Waals surface area (Å²) in [5, 5.41) is 11.4. The van der Waals surface area contributed by atoms with Gasteiger partial charge >= 0.3 is 5.97 Å². The zero-order valence-electron chi connectivity index (χ0n) is 14.3. The van der Waals surface area contributed by atoms with Crippen LogP contribution in [0.1, 0.15) is 12.5 Å². The fraction of sp³-hybridized carbons (Fsp3) is 0.158. The van der Waals surface area contributed by atoms with Crippen LogP contribution in [0, 0.1) is 11.3 Å². The molecule has 0 aliphatic rings. The molecule has 0 saturated heterocycles. The number of thiazole rings is 1. The number of hydrogen-bond donors (Lipinski definition) is 1. The largest absolute Gasteiger partial charge is 0.452 e. The van der Waals surface area contributed by atoms with Gasteiger partial charge in [0.25, 0.3) is 5.91 Å². The fourth-order valence-corrected chi connectivity index (χ4v) is 4.04. The Morgan fingerprint density at radius 2 is 2.00 bits per heavy atom. The Labute approximate surface area is 164 Å². The summed E-state index contributed by atoms with van der Waals surface area (Å²) in [5.74, 6) is -0.839. The second kappa shape index (κ2) is 8.66. The van der Waals surface area contributed by atoms with Crippen LogP contribution >= 0.6 is 23.1 Å². The lowest BCUT2D eigenvalue weighted by atomic mass is 10.2. The van der Waals surface area contributed by atoms with E-state index in [-0.39, 0.29) is 5.75 Å². The van der Waals surface area contributed by atoms with Gasteiger partial charge in [-0.2, -0.15) is 5.26 Å². The van der Waals surface area contributed by atoms with Gasteiger partial charge in [-0.15, -0.1) is 11.3 Å². The topological polar surface area (TPSA) is 92.1 Å². The highest BCUT2D eigenvalue weighted by Gasteiger charge is 2.18. The normalized spacial score (nSPS) is 11.6. The fourth-order valence-electron chi connectivity index (χ4n) is 2.19. The number of esters is 1. The average Bonchev–Trinajstić information content (AvgIpc) is 3.10. The van der Waals surface area contributed by atoms with Crippen molar-refractivity contribution in [3.63, 3.8) is 0 Å². The molecule has 0 saturated carbocycles. The van der Waals surface area contributed by atoms with Crippen LogP contribution in [0.3, 0.4) is 0 Å². The first-order valence-electron chi connectivity index (χ1n) is 8.04. The molecule has 1 aromatic heterocycles. The number of thioether (sulfide) groups is 1. The Kier molecular flexibility index (Phi) is 6.06. The van der Waals surface area contributed by atoms with Gasteiger partial charge in [0.05, 0.1) is 27.6 Å². The summed E-state index contributed by atoms with van der Waals surface area (Å²) < 4.78 is 7.02. The van der Waals surface area contributed by atoms with Crippen molar-refractivity contribution in [3.8, 4) is 6.07 Å². The van der Waals surface area contributed by atoms with Crippen LogP contribution in [0.25, 0.3) is 10.2 Å². The van der Waals surface area contributed by atoms with Gasteiger partial charge in [0.15, 0.2) is 10.4 Å². The standard InChI is InChI=1S/C19H15N3O3S2/c1-12(18(24)21-14-8-6-13(10-20)7-9-14)25-17(23)11-26-19-22-15-4-2-3-5-16(15)27-19/h2-9,12H,11H2,1H3,(H,21,24)/t12-/m1/s1. The van der Waals surface area contributed by atoms with Crippen molar-refractivity contribution >= 4 is 50.9 Å². The van der Waals surface area contributed by atoms with Crippen LogP contribution in [0.4, 0.5) is 5.69 Å². The molecule has 8 heteroatoms. The van der Waals surface area contributed by atoms with Gasteiger partial charge in [-0.3, -0.25) is 9.59 Å². The number of anilines is 1. The molecule has 6 nitrogen and oxygen atoms in total. The van der Waals surface area contributed by atoms with E-state index in [0.29, 0.717) is 11.3 Å². The molecule has 0 fully saturated rings. The van der Waals surface area contributed by atoms with Gasteiger partial charge in [-0.1, -0.05) is 23.9 Å². The molecule has 0 spiro atoms. The minimum atomic E-state index is -0.927. The monoisotopic (exact) mass is 397 g/mol. The van der Waals surface area contributed by atoms with Crippen molar-refractivity contribution in [1.29, 1.82) is 5.26 Å². The molecule has 1 heterocycles. The van der Waals surface area contributed by atoms with Gasteiger partial charge in [0.2, 0.25) is 0 Å². The Hall–Kier alpha value is -2.89. The number of ether oxygens (including phenoxy) is 1. The summed E-state index contributed by atoms with van der Waals surface area (Å²) in [6, 6.07) is 16.2. The third-order valence-electron chi connectivity index (χ3n) is 3.55. The predicted molar refractivity (Wildman–Crippen MR) is 106 cm³/mol. The highest BCUT2D eigenvalue weighted by molar-refractivity contribution is 8.01. The first kappa shape index (κ1) is 18.9. The van der Waals surface area contributed by atoms with Crippen LogP contribution in [0.5, 0.6) is 0 Å². The number of nitrogens with one attached hydrogen (secondary N) is 1. The molecule has 0 aliphatic carbocycles. The molecule has 0 aliphatic heterocycles. The van der Waals surface area contributed by atoms with Gasteiger partial charge in [-0.25, -0.2) is 4.98 Å². The maximum Gasteiger partial charge on any atom is 0.317 e. The van der Waals surface area contributed by atoms with E-state index in [2.05, 4.69) is 10.3 Å². The minimum Gasteiger partial charge on any atom is -0.452 e. The van der Waals surface area contributed by atoms with Crippen molar-refractivity contribution in [2.45, 2.75) is 17.4 Å². The number of hydrogen-bond acceptors (Lipinski definition) is 7. The molecule has 0 radical (unpaired) electrons. The Bertz CT molecular complexity index is 976. The molecular weight excluding hydrogens is 382 g/mol. The summed E-state index contributed by atoms with van der Waals surface area (Å²) in [6.07, 6.45) is -0.927. The molecule has 3 rings (SSSR count). The number of amides is 1. The molecule has 1 amide bonds. The second-order valence-corrected chi connectivity index (χ2v) is 7.80. The van der Waals surface area contributed by atoms with Crippen LogP contribution in [0.2, 0.25) is 0 Å². The van der Waals surface area contributed by atoms with Gasteiger partial charge in [-0.05, 0) is 43.3 Å². The van der Waals surface area contributed by atoms with E-state index in [1.54, 1.807) is 24.3 Å². The highest BCUT2D eigenvalue weighted by Crippen LogP contribution is 2.29. The molecular formula is C19H15N3O3S2.